The van der Waals surface area contributed by atoms with Crippen molar-refractivity contribution < 1.29 is 18.0 Å². The van der Waals surface area contributed by atoms with Crippen molar-refractivity contribution in [1.29, 1.82) is 0 Å². The lowest BCUT2D eigenvalue weighted by atomic mass is 10.1. The van der Waals surface area contributed by atoms with Crippen molar-refractivity contribution in [2.24, 2.45) is 0 Å². The first-order valence-corrected chi connectivity index (χ1v) is 14.1. The van der Waals surface area contributed by atoms with Gasteiger partial charge in [-0.25, -0.2) is 8.42 Å². The predicted octanol–water partition coefficient (Wildman–Crippen LogP) is 4.79. The number of halogens is 2. The molecular weight excluding hydrogens is 509 g/mol. The minimum absolute atomic E-state index is 0.0631. The van der Waals surface area contributed by atoms with E-state index in [0.717, 1.165) is 22.5 Å². The van der Waals surface area contributed by atoms with Crippen molar-refractivity contribution >= 4 is 50.7 Å². The number of amides is 2. The third-order valence-corrected chi connectivity index (χ3v) is 7.57. The summed E-state index contributed by atoms with van der Waals surface area (Å²) in [4.78, 5) is 28.2. The average molecular weight is 543 g/mol. The molecule has 0 fully saturated rings. The molecule has 0 unspecified atom stereocenters. The Kier molecular flexibility index (Phi) is 10.4. The molecule has 192 valence electrons. The van der Waals surface area contributed by atoms with Crippen LogP contribution in [-0.2, 0) is 26.2 Å². The van der Waals surface area contributed by atoms with Crippen LogP contribution in [0.1, 0.15) is 44.7 Å². The number of carbonyl (C=O) groups excluding carboxylic acids is 2. The minimum atomic E-state index is -3.78. The second kappa shape index (κ2) is 12.6. The number of hydrogen-bond acceptors (Lipinski definition) is 4. The summed E-state index contributed by atoms with van der Waals surface area (Å²) in [7, 11) is -3.78. The molecule has 7 nitrogen and oxygen atoms in total. The van der Waals surface area contributed by atoms with Crippen LogP contribution in [0.15, 0.2) is 42.5 Å². The van der Waals surface area contributed by atoms with Gasteiger partial charge in [-0.15, -0.1) is 0 Å². The van der Waals surface area contributed by atoms with E-state index in [9.17, 15) is 18.0 Å². The zero-order valence-corrected chi connectivity index (χ0v) is 23.0. The van der Waals surface area contributed by atoms with Crippen LogP contribution in [0.2, 0.25) is 10.0 Å². The fourth-order valence-corrected chi connectivity index (χ4v) is 4.75. The lowest BCUT2D eigenvalue weighted by Gasteiger charge is -2.33. The summed E-state index contributed by atoms with van der Waals surface area (Å²) in [5, 5.41) is 3.63. The van der Waals surface area contributed by atoms with Gasteiger partial charge in [0.1, 0.15) is 12.6 Å². The lowest BCUT2D eigenvalue weighted by Crippen LogP contribution is -2.53. The maximum absolute atomic E-state index is 13.7. The molecule has 0 radical (unpaired) electrons. The highest BCUT2D eigenvalue weighted by atomic mass is 35.5. The average Bonchev–Trinajstić information content (AvgIpc) is 2.78. The molecule has 2 rings (SSSR count). The lowest BCUT2D eigenvalue weighted by molar-refractivity contribution is -0.140. The summed E-state index contributed by atoms with van der Waals surface area (Å²) < 4.78 is 26.3. The molecule has 0 aromatic heterocycles. The number of nitrogens with one attached hydrogen (secondary N) is 1. The predicted molar refractivity (Wildman–Crippen MR) is 142 cm³/mol. The Bertz CT molecular complexity index is 1160. The van der Waals surface area contributed by atoms with Crippen LogP contribution >= 0.6 is 23.2 Å². The fraction of sp³-hybridized carbons (Fsp3) is 0.440. The van der Waals surface area contributed by atoms with Crippen LogP contribution in [0.4, 0.5) is 5.69 Å². The largest absolute Gasteiger partial charge is 0.352 e. The van der Waals surface area contributed by atoms with Gasteiger partial charge in [-0.1, -0.05) is 55.2 Å². The second-order valence-electron chi connectivity index (χ2n) is 8.62. The molecule has 2 amide bonds. The number of rotatable bonds is 11. The van der Waals surface area contributed by atoms with E-state index in [4.69, 9.17) is 23.2 Å². The van der Waals surface area contributed by atoms with E-state index in [1.165, 1.54) is 4.90 Å². The molecule has 1 N–H and O–H groups in total. The van der Waals surface area contributed by atoms with E-state index >= 15 is 0 Å². The van der Waals surface area contributed by atoms with Crippen LogP contribution in [0.3, 0.4) is 0 Å². The highest BCUT2D eigenvalue weighted by Crippen LogP contribution is 2.25. The molecule has 0 heterocycles. The van der Waals surface area contributed by atoms with Crippen LogP contribution in [0, 0.1) is 6.92 Å². The van der Waals surface area contributed by atoms with Gasteiger partial charge < -0.3 is 10.2 Å². The van der Waals surface area contributed by atoms with Crippen molar-refractivity contribution in [3.8, 4) is 0 Å². The minimum Gasteiger partial charge on any atom is -0.352 e. The Morgan fingerprint density at radius 1 is 1.03 bits per heavy atom. The molecule has 0 aliphatic heterocycles. The van der Waals surface area contributed by atoms with Gasteiger partial charge in [-0.2, -0.15) is 0 Å². The summed E-state index contributed by atoms with van der Waals surface area (Å²) in [6.07, 6.45) is 2.13. The third-order valence-electron chi connectivity index (χ3n) is 5.69. The summed E-state index contributed by atoms with van der Waals surface area (Å²) in [6.45, 7) is 7.11. The normalized spacial score (nSPS) is 13.1. The van der Waals surface area contributed by atoms with Crippen molar-refractivity contribution in [3.05, 3.63) is 63.6 Å². The van der Waals surface area contributed by atoms with Gasteiger partial charge in [0.25, 0.3) is 0 Å². The van der Waals surface area contributed by atoms with Gasteiger partial charge in [-0.3, -0.25) is 13.9 Å². The Morgan fingerprint density at radius 2 is 1.71 bits per heavy atom. The molecule has 35 heavy (non-hydrogen) atoms. The zero-order chi connectivity index (χ0) is 26.3. The molecule has 0 saturated carbocycles. The molecule has 0 aliphatic carbocycles. The van der Waals surface area contributed by atoms with Crippen LogP contribution in [-0.4, -0.2) is 50.0 Å². The van der Waals surface area contributed by atoms with Crippen LogP contribution in [0.5, 0.6) is 0 Å². The first-order chi connectivity index (χ1) is 16.4. The highest BCUT2D eigenvalue weighted by Gasteiger charge is 2.32. The number of aryl methyl sites for hydroxylation is 1. The molecule has 2 atom stereocenters. The molecule has 0 aliphatic rings. The second-order valence-corrected chi connectivity index (χ2v) is 11.3. The molecule has 0 saturated heterocycles. The van der Waals surface area contributed by atoms with Gasteiger partial charge in [0.2, 0.25) is 21.8 Å². The van der Waals surface area contributed by atoms with E-state index in [1.54, 1.807) is 36.4 Å². The van der Waals surface area contributed by atoms with Crippen molar-refractivity contribution in [3.63, 3.8) is 0 Å². The van der Waals surface area contributed by atoms with Gasteiger partial charge in [0.05, 0.1) is 22.0 Å². The maximum Gasteiger partial charge on any atom is 0.244 e. The Hall–Kier alpha value is -2.29. The number of hydrogen-bond donors (Lipinski definition) is 1. The molecular formula is C25H33Cl2N3O4S. The molecule has 2 aromatic rings. The number of carbonyl (C=O) groups is 2. The van der Waals surface area contributed by atoms with E-state index < -0.39 is 28.5 Å². The first kappa shape index (κ1) is 28.9. The maximum atomic E-state index is 13.7. The SMILES string of the molecule is CC[C@@H](C)NC(=O)[C@H](CC)N(Cc1ccc(Cl)c(Cl)c1)C(=O)CN(c1cccc(C)c1)S(C)(=O)=O. The fourth-order valence-electron chi connectivity index (χ4n) is 3.59. The van der Waals surface area contributed by atoms with E-state index in [0.29, 0.717) is 27.7 Å². The highest BCUT2D eigenvalue weighted by molar-refractivity contribution is 7.92. The summed E-state index contributed by atoms with van der Waals surface area (Å²) in [5.74, 6) is -0.800. The van der Waals surface area contributed by atoms with Crippen molar-refractivity contribution in [1.82, 2.24) is 10.2 Å². The quantitative estimate of drug-likeness (QED) is 0.443. The zero-order valence-electron chi connectivity index (χ0n) is 20.7. The first-order valence-electron chi connectivity index (χ1n) is 11.5. The molecule has 0 spiro atoms. The number of anilines is 1. The van der Waals surface area contributed by atoms with Crippen LogP contribution < -0.4 is 9.62 Å². The number of sulfonamides is 1. The summed E-state index contributed by atoms with van der Waals surface area (Å²) in [6, 6.07) is 11.0. The topological polar surface area (TPSA) is 86.8 Å². The van der Waals surface area contributed by atoms with Gasteiger partial charge in [0.15, 0.2) is 0 Å². The van der Waals surface area contributed by atoms with Gasteiger partial charge in [-0.05, 0) is 62.1 Å². The Labute approximate surface area is 218 Å². The van der Waals surface area contributed by atoms with Gasteiger partial charge in [0, 0.05) is 12.6 Å². The number of benzene rings is 2. The molecule has 0 bridgehead atoms. The van der Waals surface area contributed by atoms with Gasteiger partial charge >= 0.3 is 0 Å². The monoisotopic (exact) mass is 541 g/mol. The number of nitrogens with zero attached hydrogens (tertiary/aromatic N) is 2. The third kappa shape index (κ3) is 8.12. The van der Waals surface area contributed by atoms with E-state index in [-0.39, 0.29) is 18.5 Å². The van der Waals surface area contributed by atoms with Crippen molar-refractivity contribution in [2.75, 3.05) is 17.1 Å². The Balaban J connectivity index is 2.46. The molecule has 10 heteroatoms. The van der Waals surface area contributed by atoms with E-state index in [2.05, 4.69) is 5.32 Å². The standard InChI is InChI=1S/C25H33Cl2N3O4S/c1-6-18(4)28-25(32)23(7-2)29(15-19-11-12-21(26)22(27)14-19)24(31)16-30(35(5,33)34)20-10-8-9-17(3)13-20/h8-14,18,23H,6-7,15-16H2,1-5H3,(H,28,32)/t18-,23+/m1/s1. The Morgan fingerprint density at radius 3 is 2.26 bits per heavy atom. The summed E-state index contributed by atoms with van der Waals surface area (Å²) in [5.41, 5.74) is 1.91. The van der Waals surface area contributed by atoms with E-state index in [1.807, 2.05) is 33.8 Å². The van der Waals surface area contributed by atoms with Crippen LogP contribution in [0.25, 0.3) is 0 Å². The van der Waals surface area contributed by atoms with Crippen molar-refractivity contribution in [2.45, 2.75) is 59.2 Å². The molecule has 2 aromatic carbocycles. The summed E-state index contributed by atoms with van der Waals surface area (Å²) >= 11 is 12.2. The smallest absolute Gasteiger partial charge is 0.244 e.